The fraction of sp³-hybridized carbons (Fsp3) is 0.100. The maximum absolute atomic E-state index is 12.5. The van der Waals surface area contributed by atoms with Gasteiger partial charge in [0, 0.05) is 23.3 Å². The smallest absolute Gasteiger partial charge is 0.181 e. The third-order valence-electron chi connectivity index (χ3n) is 4.84. The average Bonchev–Trinajstić information content (AvgIpc) is 3.38. The number of nitrogens with zero attached hydrogens (tertiary/aromatic N) is 5. The van der Waals surface area contributed by atoms with Crippen molar-refractivity contribution in [1.29, 1.82) is 0 Å². The van der Waals surface area contributed by atoms with Crippen molar-refractivity contribution in [2.24, 2.45) is 0 Å². The third kappa shape index (κ3) is 3.44. The molecule has 0 bridgehead atoms. The van der Waals surface area contributed by atoms with Gasteiger partial charge in [0.15, 0.2) is 26.8 Å². The Morgan fingerprint density at radius 2 is 2.00 bits per heavy atom. The lowest BCUT2D eigenvalue weighted by atomic mass is 10.2. The van der Waals surface area contributed by atoms with E-state index in [1.807, 2.05) is 24.3 Å². The fourth-order valence-electron chi connectivity index (χ4n) is 3.41. The molecule has 3 heterocycles. The zero-order valence-corrected chi connectivity index (χ0v) is 17.2. The van der Waals surface area contributed by atoms with Gasteiger partial charge in [0.1, 0.15) is 12.4 Å². The predicted molar refractivity (Wildman–Crippen MR) is 115 cm³/mol. The topological polar surface area (TPSA) is 142 Å². The number of fused-ring (bicyclic) bond motifs is 2. The van der Waals surface area contributed by atoms with Crippen LogP contribution in [-0.2, 0) is 16.4 Å². The summed E-state index contributed by atoms with van der Waals surface area (Å²) in [5, 5.41) is 15.6. The number of anilines is 1. The molecule has 0 atom stereocenters. The molecule has 11 heteroatoms. The number of nitrogen functional groups attached to an aromatic ring is 1. The van der Waals surface area contributed by atoms with Gasteiger partial charge in [0.2, 0.25) is 0 Å². The number of pyridine rings is 1. The molecular weight excluding hydrogens is 418 g/mol. The van der Waals surface area contributed by atoms with E-state index in [0.29, 0.717) is 28.2 Å². The van der Waals surface area contributed by atoms with Crippen LogP contribution >= 0.6 is 0 Å². The quantitative estimate of drug-likeness (QED) is 0.428. The third-order valence-corrected chi connectivity index (χ3v) is 6.02. The van der Waals surface area contributed by atoms with Gasteiger partial charge in [-0.25, -0.2) is 23.2 Å². The van der Waals surface area contributed by atoms with Gasteiger partial charge >= 0.3 is 0 Å². The molecule has 5 aromatic rings. The van der Waals surface area contributed by atoms with E-state index in [2.05, 4.69) is 25.5 Å². The van der Waals surface area contributed by atoms with Crippen LogP contribution < -0.4 is 10.5 Å². The van der Waals surface area contributed by atoms with Crippen LogP contribution in [0.25, 0.3) is 27.8 Å². The first kappa shape index (κ1) is 19.0. The van der Waals surface area contributed by atoms with Crippen LogP contribution in [0.3, 0.4) is 0 Å². The molecule has 10 nitrogen and oxygen atoms in total. The Hall–Kier alpha value is -3.99. The summed E-state index contributed by atoms with van der Waals surface area (Å²) in [6, 6.07) is 14.3. The molecule has 0 saturated carbocycles. The number of hydrogen-bond acceptors (Lipinski definition) is 8. The molecule has 0 saturated heterocycles. The number of nitrogens with two attached hydrogens (primary N) is 1. The lowest BCUT2D eigenvalue weighted by Crippen LogP contribution is -2.08. The molecule has 0 unspecified atom stereocenters. The first-order valence-corrected chi connectivity index (χ1v) is 11.2. The molecule has 5 rings (SSSR count). The Kier molecular flexibility index (Phi) is 4.33. The largest absolute Gasteiger partial charge is 0.486 e. The Morgan fingerprint density at radius 1 is 1.16 bits per heavy atom. The summed E-state index contributed by atoms with van der Waals surface area (Å²) in [7, 11) is -3.54. The maximum atomic E-state index is 12.5. The number of ether oxygens (including phenoxy) is 1. The van der Waals surface area contributed by atoms with E-state index in [1.54, 1.807) is 29.1 Å². The van der Waals surface area contributed by atoms with Gasteiger partial charge in [-0.15, -0.1) is 5.10 Å². The van der Waals surface area contributed by atoms with E-state index in [0.717, 1.165) is 17.2 Å². The molecule has 0 aliphatic carbocycles. The number of para-hydroxylation sites is 1. The van der Waals surface area contributed by atoms with Gasteiger partial charge in [0.05, 0.1) is 22.3 Å². The van der Waals surface area contributed by atoms with Crippen LogP contribution in [0.1, 0.15) is 5.56 Å². The number of nitrogens with one attached hydrogen (secondary N) is 1. The molecular formula is C20H17N7O3S. The van der Waals surface area contributed by atoms with Gasteiger partial charge in [-0.3, -0.25) is 0 Å². The molecule has 3 N–H and O–H groups in total. The number of aromatic nitrogens is 6. The van der Waals surface area contributed by atoms with Crippen molar-refractivity contribution in [3.05, 3.63) is 60.3 Å². The summed E-state index contributed by atoms with van der Waals surface area (Å²) in [5.41, 5.74) is 8.61. The average molecular weight is 435 g/mol. The van der Waals surface area contributed by atoms with Gasteiger partial charge in [-0.2, -0.15) is 5.10 Å². The van der Waals surface area contributed by atoms with Crippen LogP contribution in [0.2, 0.25) is 0 Å². The van der Waals surface area contributed by atoms with Crippen LogP contribution in [0.5, 0.6) is 5.75 Å². The Labute approximate surface area is 176 Å². The lowest BCUT2D eigenvalue weighted by molar-refractivity contribution is 0.306. The van der Waals surface area contributed by atoms with E-state index in [-0.39, 0.29) is 17.3 Å². The minimum atomic E-state index is -3.54. The molecule has 3 aromatic heterocycles. The summed E-state index contributed by atoms with van der Waals surface area (Å²) in [6.45, 7) is -0.00600. The van der Waals surface area contributed by atoms with Crippen LogP contribution in [0.15, 0.2) is 59.6 Å². The fourth-order valence-corrected chi connectivity index (χ4v) is 4.35. The van der Waals surface area contributed by atoms with Crippen molar-refractivity contribution in [3.63, 3.8) is 0 Å². The SMILES string of the molecule is CS(=O)(=O)c1cc(-n2ncc3ccccc32)ccc1COc1cc(N)nc2[nH]nnc12. The van der Waals surface area contributed by atoms with E-state index in [4.69, 9.17) is 10.5 Å². The first-order valence-electron chi connectivity index (χ1n) is 9.26. The summed E-state index contributed by atoms with van der Waals surface area (Å²) in [4.78, 5) is 4.24. The highest BCUT2D eigenvalue weighted by atomic mass is 32.2. The van der Waals surface area contributed by atoms with Crippen molar-refractivity contribution in [2.75, 3.05) is 12.0 Å². The predicted octanol–water partition coefficient (Wildman–Crippen LogP) is 2.26. The second kappa shape index (κ2) is 7.06. The van der Waals surface area contributed by atoms with Crippen molar-refractivity contribution >= 4 is 37.7 Å². The molecule has 2 aromatic carbocycles. The highest BCUT2D eigenvalue weighted by Crippen LogP contribution is 2.27. The molecule has 0 fully saturated rings. The maximum Gasteiger partial charge on any atom is 0.181 e. The lowest BCUT2D eigenvalue weighted by Gasteiger charge is -2.13. The molecule has 31 heavy (non-hydrogen) atoms. The molecule has 0 spiro atoms. The van der Waals surface area contributed by atoms with E-state index in [1.165, 1.54) is 6.07 Å². The second-order valence-electron chi connectivity index (χ2n) is 7.02. The number of aromatic amines is 1. The second-order valence-corrected chi connectivity index (χ2v) is 9.01. The van der Waals surface area contributed by atoms with Crippen molar-refractivity contribution in [1.82, 2.24) is 30.2 Å². The van der Waals surface area contributed by atoms with Gasteiger partial charge < -0.3 is 10.5 Å². The molecule has 0 radical (unpaired) electrons. The molecule has 156 valence electrons. The van der Waals surface area contributed by atoms with Crippen LogP contribution in [0, 0.1) is 0 Å². The van der Waals surface area contributed by atoms with Crippen molar-refractivity contribution in [2.45, 2.75) is 11.5 Å². The minimum Gasteiger partial charge on any atom is -0.486 e. The Morgan fingerprint density at radius 3 is 2.84 bits per heavy atom. The van der Waals surface area contributed by atoms with Gasteiger partial charge in [0.25, 0.3) is 0 Å². The van der Waals surface area contributed by atoms with Crippen LogP contribution in [0.4, 0.5) is 5.82 Å². The molecule has 0 aliphatic heterocycles. The molecule has 0 amide bonds. The zero-order valence-electron chi connectivity index (χ0n) is 16.3. The Balaban J connectivity index is 1.54. The summed E-state index contributed by atoms with van der Waals surface area (Å²) in [5.74, 6) is 0.593. The summed E-state index contributed by atoms with van der Waals surface area (Å²) < 4.78 is 32.6. The van der Waals surface area contributed by atoms with E-state index >= 15 is 0 Å². The number of sulfone groups is 1. The first-order chi connectivity index (χ1) is 14.9. The summed E-state index contributed by atoms with van der Waals surface area (Å²) in [6.07, 6.45) is 2.90. The van der Waals surface area contributed by atoms with Gasteiger partial charge in [-0.1, -0.05) is 29.5 Å². The number of hydrogen-bond donors (Lipinski definition) is 2. The normalized spacial score (nSPS) is 11.9. The van der Waals surface area contributed by atoms with Crippen molar-refractivity contribution < 1.29 is 13.2 Å². The highest BCUT2D eigenvalue weighted by molar-refractivity contribution is 7.90. The minimum absolute atomic E-state index is 0.00600. The van der Waals surface area contributed by atoms with Crippen molar-refractivity contribution in [3.8, 4) is 11.4 Å². The Bertz CT molecular complexity index is 1540. The highest BCUT2D eigenvalue weighted by Gasteiger charge is 2.18. The van der Waals surface area contributed by atoms with Crippen LogP contribution in [-0.4, -0.2) is 44.8 Å². The van der Waals surface area contributed by atoms with E-state index < -0.39 is 9.84 Å². The summed E-state index contributed by atoms with van der Waals surface area (Å²) >= 11 is 0. The monoisotopic (exact) mass is 435 g/mol. The standard InChI is InChI=1S/C20H17N7O3S/c1-31(28,29)17-8-14(27-15-5-3-2-4-12(15)10-22-27)7-6-13(17)11-30-16-9-18(21)23-20-19(16)24-26-25-20/h2-10H,11H2,1H3,(H3,21,23,24,25,26). The zero-order chi connectivity index (χ0) is 21.6. The number of H-pyrrole nitrogens is 1. The van der Waals surface area contributed by atoms with E-state index in [9.17, 15) is 8.42 Å². The van der Waals surface area contributed by atoms with Gasteiger partial charge in [-0.05, 0) is 18.2 Å². The number of benzene rings is 2. The molecule has 0 aliphatic rings. The number of rotatable bonds is 5.